The quantitative estimate of drug-likeness (QED) is 0.288. The van der Waals surface area contributed by atoms with Crippen molar-refractivity contribution in [2.45, 2.75) is 0 Å². The van der Waals surface area contributed by atoms with Gasteiger partial charge in [-0.25, -0.2) is 0 Å². The molecule has 0 amide bonds. The van der Waals surface area contributed by atoms with E-state index in [2.05, 4.69) is 28.9 Å². The third kappa shape index (κ3) is 8.91. The van der Waals surface area contributed by atoms with Gasteiger partial charge in [0.1, 0.15) is 0 Å². The second kappa shape index (κ2) is 16.5. The first-order valence-corrected chi connectivity index (χ1v) is 19.1. The Bertz CT molecular complexity index is 8.00. The second-order valence-electron chi connectivity index (χ2n) is 0. The van der Waals surface area contributed by atoms with Gasteiger partial charge in [-0.3, -0.25) is 0 Å². The number of rotatable bonds is 0. The Morgan fingerprint density at radius 1 is 1.25 bits per heavy atom. The van der Waals surface area contributed by atoms with Gasteiger partial charge in [-0.05, 0) is 0 Å². The van der Waals surface area contributed by atoms with Crippen molar-refractivity contribution in [3.63, 3.8) is 0 Å². The van der Waals surface area contributed by atoms with Crippen LogP contribution in [0, 0.1) is 0 Å². The van der Waals surface area contributed by atoms with E-state index >= 15 is 0 Å². The van der Waals surface area contributed by atoms with E-state index in [1.165, 1.54) is 41.7 Å². The molecule has 0 heterocycles. The molecule has 0 fully saturated rings. The van der Waals surface area contributed by atoms with Gasteiger partial charge in [-0.2, -0.15) is 0 Å². The average Bonchev–Trinajstić information content (AvgIpc) is 1.50. The molecule has 4 heteroatoms. The van der Waals surface area contributed by atoms with E-state index in [4.69, 9.17) is 0 Å². The van der Waals surface area contributed by atoms with Crippen molar-refractivity contribution < 1.29 is 0 Å². The zero-order valence-corrected chi connectivity index (χ0v) is 12.7. The van der Waals surface area contributed by atoms with Crippen molar-refractivity contribution in [2.75, 3.05) is 0 Å². The fourth-order valence-electron chi connectivity index (χ4n) is 0. The SMILES string of the molecule is [Se]=[Bi].[Te]=[Bi]. The van der Waals surface area contributed by atoms with Crippen LogP contribution in [0.1, 0.15) is 0 Å². The van der Waals surface area contributed by atoms with Crippen molar-refractivity contribution in [3.8, 4) is 0 Å². The van der Waals surface area contributed by atoms with Gasteiger partial charge < -0.3 is 0 Å². The third-order valence-electron chi connectivity index (χ3n) is 0. The second-order valence-corrected chi connectivity index (χ2v) is 0. The van der Waals surface area contributed by atoms with E-state index in [0.29, 0.717) is 0 Å². The van der Waals surface area contributed by atoms with E-state index in [1.54, 1.807) is 0 Å². The number of hydrogen-bond acceptors (Lipinski definition) is 0. The maximum atomic E-state index is 2.74. The van der Waals surface area contributed by atoms with Crippen LogP contribution in [0.4, 0.5) is 0 Å². The first-order valence-electron chi connectivity index (χ1n) is 0.365. The zero-order valence-electron chi connectivity index (χ0n) is 1.71. The normalized spacial score (nSPS) is 2.00. The van der Waals surface area contributed by atoms with E-state index < -0.39 is 0 Å². The molecule has 0 aromatic heterocycles. The van der Waals surface area contributed by atoms with Crippen LogP contribution >= 0.6 is 0 Å². The van der Waals surface area contributed by atoms with Crippen LogP contribution in [0.25, 0.3) is 0 Å². The molecule has 2 radical (unpaired) electrons. The average molecular weight is 625 g/mol. The van der Waals surface area contributed by atoms with Crippen molar-refractivity contribution in [2.24, 2.45) is 0 Å². The Kier molecular flexibility index (Phi) is 41.9. The summed E-state index contributed by atoms with van der Waals surface area (Å²) >= 11 is 7.57. The molecule has 0 unspecified atom stereocenters. The Morgan fingerprint density at radius 3 is 1.25 bits per heavy atom. The van der Waals surface area contributed by atoms with Crippen molar-refractivity contribution in [1.82, 2.24) is 0 Å². The summed E-state index contributed by atoms with van der Waals surface area (Å²) in [5.41, 5.74) is 0. The predicted molar refractivity (Wildman–Crippen MR) is 23.0 cm³/mol. The van der Waals surface area contributed by atoms with Gasteiger partial charge in [0.05, 0.1) is 0 Å². The Morgan fingerprint density at radius 2 is 1.25 bits per heavy atom. The molecule has 0 nitrogen and oxygen atoms in total. The molecule has 0 aromatic rings. The van der Waals surface area contributed by atoms with Crippen LogP contribution in [-0.4, -0.2) is 70.5 Å². The molecule has 0 saturated heterocycles. The first-order chi connectivity index (χ1) is 2.00. The third-order valence-corrected chi connectivity index (χ3v) is 0. The summed E-state index contributed by atoms with van der Waals surface area (Å²) in [5, 5.41) is 0. The summed E-state index contributed by atoms with van der Waals surface area (Å²) in [7, 11) is 0. The summed E-state index contributed by atoms with van der Waals surface area (Å²) in [4.78, 5) is 0. The van der Waals surface area contributed by atoms with Gasteiger partial charge in [0.15, 0.2) is 0 Å². The molecule has 0 N–H and O–H groups in total. The zero-order chi connectivity index (χ0) is 4.00. The summed E-state index contributed by atoms with van der Waals surface area (Å²) < 4.78 is 0. The summed E-state index contributed by atoms with van der Waals surface area (Å²) in [6, 6.07) is 0. The monoisotopic (exact) mass is 628 g/mol. The van der Waals surface area contributed by atoms with Crippen molar-refractivity contribution in [1.29, 1.82) is 0 Å². The van der Waals surface area contributed by atoms with Crippen LogP contribution in [0.5, 0.6) is 0 Å². The topological polar surface area (TPSA) is 0 Å². The van der Waals surface area contributed by atoms with Gasteiger partial charge >= 0.3 is 70.5 Å². The standard InChI is InChI=1S/2Bi.Se.Te. The molecular weight excluding hydrogens is 625 g/mol. The maximum absolute atomic E-state index is 2.74. The molecular formula is Bi2SeTe. The Balaban J connectivity index is 0. The molecule has 0 aliphatic carbocycles. The Labute approximate surface area is 68.7 Å². The number of hydrogen-bond donors (Lipinski definition) is 0. The summed E-state index contributed by atoms with van der Waals surface area (Å²) in [5.74, 6) is 0. The molecule has 0 aliphatic heterocycles. The molecule has 0 saturated carbocycles. The van der Waals surface area contributed by atoms with Gasteiger partial charge in [0, 0.05) is 0 Å². The van der Waals surface area contributed by atoms with Gasteiger partial charge in [-0.1, -0.05) is 0 Å². The summed E-state index contributed by atoms with van der Waals surface area (Å²) in [6.45, 7) is 0. The van der Waals surface area contributed by atoms with Crippen LogP contribution in [0.2, 0.25) is 0 Å². The van der Waals surface area contributed by atoms with Crippen LogP contribution in [0.3, 0.4) is 0 Å². The van der Waals surface area contributed by atoms with E-state index in [-0.39, 0.29) is 0 Å². The van der Waals surface area contributed by atoms with Crippen molar-refractivity contribution in [3.05, 3.63) is 0 Å². The van der Waals surface area contributed by atoms with Crippen LogP contribution < -0.4 is 0 Å². The fourth-order valence-corrected chi connectivity index (χ4v) is 0. The Hall–Kier alpha value is 3.08. The van der Waals surface area contributed by atoms with E-state index in [1.807, 2.05) is 0 Å². The van der Waals surface area contributed by atoms with Crippen LogP contribution in [0.15, 0.2) is 0 Å². The molecule has 0 spiro atoms. The van der Waals surface area contributed by atoms with Crippen molar-refractivity contribution >= 4 is 70.5 Å². The molecule has 0 bridgehead atoms. The van der Waals surface area contributed by atoms with Gasteiger partial charge in [0.25, 0.3) is 0 Å². The fraction of sp³-hybridized carbons (Fsp3) is 0. The minimum atomic E-state index is 1.32. The van der Waals surface area contributed by atoms with E-state index in [9.17, 15) is 0 Å². The molecule has 0 aliphatic rings. The molecule has 0 rings (SSSR count). The van der Waals surface area contributed by atoms with Crippen LogP contribution in [-0.2, 0) is 0 Å². The first kappa shape index (κ1) is 10.1. The summed E-state index contributed by atoms with van der Waals surface area (Å²) in [6.07, 6.45) is 0. The van der Waals surface area contributed by atoms with Gasteiger partial charge in [0.2, 0.25) is 0 Å². The van der Waals surface area contributed by atoms with Gasteiger partial charge in [-0.15, -0.1) is 0 Å². The minimum absolute atomic E-state index is 1.32. The molecule has 4 heavy (non-hydrogen) atoms. The predicted octanol–water partition coefficient (Wildman–Crippen LogP) is -1.52. The molecule has 0 aromatic carbocycles. The molecule has 0 atom stereocenters. The molecule has 22 valence electrons. The van der Waals surface area contributed by atoms with E-state index in [0.717, 1.165) is 0 Å².